The summed E-state index contributed by atoms with van der Waals surface area (Å²) in [5.41, 5.74) is 0.764. The van der Waals surface area contributed by atoms with Crippen molar-refractivity contribution in [3.63, 3.8) is 0 Å². The summed E-state index contributed by atoms with van der Waals surface area (Å²) in [6.45, 7) is 0.879. The number of hydrogen-bond donors (Lipinski definition) is 2. The summed E-state index contributed by atoms with van der Waals surface area (Å²) < 4.78 is 37.5. The second-order valence-corrected chi connectivity index (χ2v) is 6.13. The molecule has 0 aliphatic heterocycles. The van der Waals surface area contributed by atoms with Crippen molar-refractivity contribution in [2.75, 3.05) is 18.4 Å². The van der Waals surface area contributed by atoms with Crippen LogP contribution in [0.1, 0.15) is 24.0 Å². The van der Waals surface area contributed by atoms with Crippen LogP contribution in [0.15, 0.2) is 48.5 Å². The summed E-state index contributed by atoms with van der Waals surface area (Å²) in [7, 11) is 0. The Labute approximate surface area is 159 Å². The van der Waals surface area contributed by atoms with Gasteiger partial charge in [-0.15, -0.1) is 0 Å². The first-order chi connectivity index (χ1) is 13.3. The Morgan fingerprint density at radius 2 is 1.64 bits per heavy atom. The number of anilines is 1. The molecule has 0 heterocycles. The maximum Gasteiger partial charge on any atom is 0.416 e. The molecule has 1 amide bonds. The summed E-state index contributed by atoms with van der Waals surface area (Å²) in [5.74, 6) is -0.141. The minimum Gasteiger partial charge on any atom is -0.385 e. The highest BCUT2D eigenvalue weighted by molar-refractivity contribution is 5.75. The zero-order chi connectivity index (χ0) is 20.6. The molecule has 6 nitrogen and oxygen atoms in total. The predicted molar refractivity (Wildman–Crippen MR) is 99.0 cm³/mol. The number of non-ortho nitro benzene ring substituents is 1. The molecule has 0 bridgehead atoms. The Morgan fingerprint density at radius 1 is 1.00 bits per heavy atom. The summed E-state index contributed by atoms with van der Waals surface area (Å²) in [5, 5.41) is 16.4. The number of carbonyl (C=O) groups excluding carboxylic acids is 1. The molecular formula is C19H20F3N3O3. The van der Waals surface area contributed by atoms with Gasteiger partial charge in [0.25, 0.3) is 5.69 Å². The number of rotatable bonds is 9. The first kappa shape index (κ1) is 21.2. The Balaban J connectivity index is 1.61. The Hall–Kier alpha value is -3.10. The third kappa shape index (κ3) is 6.90. The van der Waals surface area contributed by atoms with Gasteiger partial charge in [-0.25, -0.2) is 0 Å². The molecule has 0 unspecified atom stereocenters. The lowest BCUT2D eigenvalue weighted by Crippen LogP contribution is -2.25. The normalized spacial score (nSPS) is 11.1. The number of hydrogen-bond acceptors (Lipinski definition) is 4. The smallest absolute Gasteiger partial charge is 0.385 e. The van der Waals surface area contributed by atoms with E-state index in [1.54, 1.807) is 12.1 Å². The molecule has 28 heavy (non-hydrogen) atoms. The summed E-state index contributed by atoms with van der Waals surface area (Å²) in [4.78, 5) is 21.9. The molecule has 0 radical (unpaired) electrons. The SMILES string of the molecule is O=C(CCCNc1ccc([N+](=O)[O-])cc1)NCCc1ccc(C(F)(F)F)cc1. The van der Waals surface area contributed by atoms with E-state index < -0.39 is 16.7 Å². The molecule has 0 aliphatic rings. The van der Waals surface area contributed by atoms with Crippen molar-refractivity contribution < 1.29 is 22.9 Å². The van der Waals surface area contributed by atoms with E-state index in [4.69, 9.17) is 0 Å². The number of benzene rings is 2. The van der Waals surface area contributed by atoms with E-state index in [2.05, 4.69) is 10.6 Å². The quantitative estimate of drug-likeness (QED) is 0.379. The highest BCUT2D eigenvalue weighted by Gasteiger charge is 2.29. The second kappa shape index (κ2) is 9.72. The number of nitro benzene ring substituents is 1. The van der Waals surface area contributed by atoms with Crippen molar-refractivity contribution in [3.8, 4) is 0 Å². The molecule has 2 aromatic carbocycles. The number of amides is 1. The molecule has 9 heteroatoms. The first-order valence-electron chi connectivity index (χ1n) is 8.67. The molecule has 0 aromatic heterocycles. The molecule has 2 rings (SSSR count). The van der Waals surface area contributed by atoms with Gasteiger partial charge in [0.05, 0.1) is 10.5 Å². The van der Waals surface area contributed by atoms with Crippen LogP contribution >= 0.6 is 0 Å². The number of nitrogens with zero attached hydrogens (tertiary/aromatic N) is 1. The van der Waals surface area contributed by atoms with E-state index in [9.17, 15) is 28.1 Å². The van der Waals surface area contributed by atoms with Crippen LogP contribution in [0, 0.1) is 10.1 Å². The third-order valence-electron chi connectivity index (χ3n) is 4.00. The van der Waals surface area contributed by atoms with Crippen LogP contribution in [0.3, 0.4) is 0 Å². The number of nitrogens with one attached hydrogen (secondary N) is 2. The fourth-order valence-electron chi connectivity index (χ4n) is 2.48. The zero-order valence-corrected chi connectivity index (χ0v) is 15.0. The van der Waals surface area contributed by atoms with Gasteiger partial charge in [-0.1, -0.05) is 12.1 Å². The molecule has 0 saturated heterocycles. The largest absolute Gasteiger partial charge is 0.416 e. The molecule has 0 fully saturated rings. The van der Waals surface area contributed by atoms with Crippen molar-refractivity contribution in [1.29, 1.82) is 0 Å². The minimum atomic E-state index is -4.35. The molecule has 150 valence electrons. The molecule has 0 spiro atoms. The van der Waals surface area contributed by atoms with Gasteiger partial charge in [0, 0.05) is 37.3 Å². The molecule has 0 saturated carbocycles. The van der Waals surface area contributed by atoms with E-state index in [-0.39, 0.29) is 11.6 Å². The van der Waals surface area contributed by atoms with Gasteiger partial charge in [0.1, 0.15) is 0 Å². The first-order valence-corrected chi connectivity index (χ1v) is 8.67. The van der Waals surface area contributed by atoms with E-state index in [1.807, 2.05) is 0 Å². The average Bonchev–Trinajstić information content (AvgIpc) is 2.65. The zero-order valence-electron chi connectivity index (χ0n) is 15.0. The lowest BCUT2D eigenvalue weighted by atomic mass is 10.1. The number of halogens is 3. The van der Waals surface area contributed by atoms with Crippen LogP contribution in [0.4, 0.5) is 24.5 Å². The standard InChI is InChI=1S/C19H20F3N3O3/c20-19(21,22)15-5-3-14(4-6-15)11-13-24-18(26)2-1-12-23-16-7-9-17(10-8-16)25(27)28/h3-10,23H,1-2,11-13H2,(H,24,26). The van der Waals surface area contributed by atoms with Gasteiger partial charge in [-0.05, 0) is 42.7 Å². The van der Waals surface area contributed by atoms with Crippen molar-refractivity contribution >= 4 is 17.3 Å². The van der Waals surface area contributed by atoms with Gasteiger partial charge in [-0.3, -0.25) is 14.9 Å². The van der Waals surface area contributed by atoms with Gasteiger partial charge in [0.15, 0.2) is 0 Å². The van der Waals surface area contributed by atoms with E-state index in [0.29, 0.717) is 37.9 Å². The van der Waals surface area contributed by atoms with Crippen molar-refractivity contribution in [1.82, 2.24) is 5.32 Å². The van der Waals surface area contributed by atoms with Gasteiger partial charge in [0.2, 0.25) is 5.91 Å². The highest BCUT2D eigenvalue weighted by atomic mass is 19.4. The van der Waals surface area contributed by atoms with Crippen molar-refractivity contribution in [3.05, 3.63) is 69.8 Å². The second-order valence-electron chi connectivity index (χ2n) is 6.13. The lowest BCUT2D eigenvalue weighted by molar-refractivity contribution is -0.384. The Morgan fingerprint density at radius 3 is 2.21 bits per heavy atom. The average molecular weight is 395 g/mol. The Kier molecular flexibility index (Phi) is 7.36. The number of alkyl halides is 3. The minimum absolute atomic E-state index is 0.0120. The fraction of sp³-hybridized carbons (Fsp3) is 0.316. The van der Waals surface area contributed by atoms with Crippen LogP contribution in [0.25, 0.3) is 0 Å². The van der Waals surface area contributed by atoms with Crippen LogP contribution in [0.5, 0.6) is 0 Å². The summed E-state index contributed by atoms with van der Waals surface area (Å²) in [6.07, 6.45) is -3.03. The molecule has 2 N–H and O–H groups in total. The summed E-state index contributed by atoms with van der Waals surface area (Å²) >= 11 is 0. The van der Waals surface area contributed by atoms with Crippen molar-refractivity contribution in [2.24, 2.45) is 0 Å². The Bertz CT molecular complexity index is 791. The predicted octanol–water partition coefficient (Wildman–Crippen LogP) is 4.16. The van der Waals surface area contributed by atoms with Crippen LogP contribution in [0.2, 0.25) is 0 Å². The van der Waals surface area contributed by atoms with Crippen LogP contribution in [-0.4, -0.2) is 23.9 Å². The molecule has 0 atom stereocenters. The van der Waals surface area contributed by atoms with Gasteiger partial charge < -0.3 is 10.6 Å². The number of carbonyl (C=O) groups is 1. The van der Waals surface area contributed by atoms with Gasteiger partial charge >= 0.3 is 6.18 Å². The topological polar surface area (TPSA) is 84.3 Å². The maximum atomic E-state index is 12.5. The molecule has 2 aromatic rings. The van der Waals surface area contributed by atoms with E-state index >= 15 is 0 Å². The van der Waals surface area contributed by atoms with Gasteiger partial charge in [-0.2, -0.15) is 13.2 Å². The lowest BCUT2D eigenvalue weighted by Gasteiger charge is -2.09. The molecule has 0 aliphatic carbocycles. The fourth-order valence-corrected chi connectivity index (χ4v) is 2.48. The highest BCUT2D eigenvalue weighted by Crippen LogP contribution is 2.29. The summed E-state index contributed by atoms with van der Waals surface area (Å²) in [6, 6.07) is 10.9. The monoisotopic (exact) mass is 395 g/mol. The van der Waals surface area contributed by atoms with Crippen molar-refractivity contribution in [2.45, 2.75) is 25.4 Å². The van der Waals surface area contributed by atoms with E-state index in [0.717, 1.165) is 17.8 Å². The van der Waals surface area contributed by atoms with E-state index in [1.165, 1.54) is 24.3 Å². The van der Waals surface area contributed by atoms with Crippen LogP contribution in [-0.2, 0) is 17.4 Å². The van der Waals surface area contributed by atoms with Crippen LogP contribution < -0.4 is 10.6 Å². The maximum absolute atomic E-state index is 12.5. The number of nitro groups is 1. The third-order valence-corrected chi connectivity index (χ3v) is 4.00. The molecular weight excluding hydrogens is 375 g/mol.